The zero-order valence-electron chi connectivity index (χ0n) is 18.3. The van der Waals surface area contributed by atoms with Gasteiger partial charge in [0.2, 0.25) is 5.91 Å². The number of rotatable bonds is 7. The van der Waals surface area contributed by atoms with Gasteiger partial charge in [-0.1, -0.05) is 48.5 Å². The third-order valence-electron chi connectivity index (χ3n) is 5.89. The zero-order valence-corrected chi connectivity index (χ0v) is 18.3. The number of nitrogens with zero attached hydrogens (tertiary/aromatic N) is 1. The van der Waals surface area contributed by atoms with Crippen LogP contribution in [0.5, 0.6) is 0 Å². The zero-order chi connectivity index (χ0) is 22.3. The maximum absolute atomic E-state index is 12.7. The molecule has 1 aliphatic rings. The van der Waals surface area contributed by atoms with Gasteiger partial charge in [0.25, 0.3) is 5.91 Å². The molecule has 1 saturated heterocycles. The van der Waals surface area contributed by atoms with Crippen molar-refractivity contribution < 1.29 is 14.0 Å². The van der Waals surface area contributed by atoms with E-state index in [1.807, 2.05) is 43.3 Å². The van der Waals surface area contributed by atoms with E-state index in [9.17, 15) is 9.59 Å². The fourth-order valence-corrected chi connectivity index (χ4v) is 4.10. The first-order chi connectivity index (χ1) is 15.6. The largest absolute Gasteiger partial charge is 0.459 e. The van der Waals surface area contributed by atoms with Crippen LogP contribution in [0.15, 0.2) is 71.3 Å². The van der Waals surface area contributed by atoms with Crippen molar-refractivity contribution in [3.05, 3.63) is 89.4 Å². The minimum Gasteiger partial charge on any atom is -0.459 e. The molecule has 3 aromatic rings. The molecule has 0 unspecified atom stereocenters. The van der Waals surface area contributed by atoms with Crippen LogP contribution in [0.2, 0.25) is 0 Å². The fraction of sp³-hybridized carbons (Fsp3) is 0.308. The average molecular weight is 432 g/mol. The van der Waals surface area contributed by atoms with Crippen molar-refractivity contribution in [1.29, 1.82) is 0 Å². The Labute approximate surface area is 188 Å². The summed E-state index contributed by atoms with van der Waals surface area (Å²) in [6, 6.07) is 20.1. The minimum absolute atomic E-state index is 0.0146. The number of carbonyl (C=O) groups is 2. The Morgan fingerprint density at radius 1 is 1.00 bits per heavy atom. The number of hydrogen-bond acceptors (Lipinski definition) is 4. The lowest BCUT2D eigenvalue weighted by Gasteiger charge is -2.31. The van der Waals surface area contributed by atoms with Gasteiger partial charge in [0.1, 0.15) is 0 Å². The standard InChI is InChI=1S/C26H29N3O3/c1-19-13-16-32-25(19)26(31)27-22-11-14-29(15-12-22)18-24(30)28-23-10-6-5-9-21(23)17-20-7-3-2-4-8-20/h2-10,13,16,22H,11-12,14-15,17-18H2,1H3,(H,27,31)(H,28,30). The Kier molecular flexibility index (Phi) is 7.02. The summed E-state index contributed by atoms with van der Waals surface area (Å²) in [5.74, 6) is 0.193. The highest BCUT2D eigenvalue weighted by atomic mass is 16.3. The molecule has 0 aliphatic carbocycles. The minimum atomic E-state index is -0.168. The number of nitrogens with one attached hydrogen (secondary N) is 2. The summed E-state index contributed by atoms with van der Waals surface area (Å²) in [5.41, 5.74) is 4.01. The number of anilines is 1. The first-order valence-electron chi connectivity index (χ1n) is 11.1. The summed E-state index contributed by atoms with van der Waals surface area (Å²) in [6.07, 6.45) is 3.92. The fourth-order valence-electron chi connectivity index (χ4n) is 4.10. The molecule has 2 N–H and O–H groups in total. The first-order valence-corrected chi connectivity index (χ1v) is 11.1. The first kappa shape index (κ1) is 21.8. The molecular formula is C26H29N3O3. The van der Waals surface area contributed by atoms with E-state index < -0.39 is 0 Å². The molecule has 2 amide bonds. The van der Waals surface area contributed by atoms with E-state index in [4.69, 9.17) is 4.42 Å². The molecule has 2 heterocycles. The van der Waals surface area contributed by atoms with Crippen LogP contribution in [0.25, 0.3) is 0 Å². The lowest BCUT2D eigenvalue weighted by atomic mass is 10.0. The van der Waals surface area contributed by atoms with Gasteiger partial charge >= 0.3 is 0 Å². The number of amides is 2. The highest BCUT2D eigenvalue weighted by molar-refractivity contribution is 5.93. The van der Waals surface area contributed by atoms with E-state index >= 15 is 0 Å². The summed E-state index contributed by atoms with van der Waals surface area (Å²) in [6.45, 7) is 3.73. The predicted octanol–water partition coefficient (Wildman–Crippen LogP) is 4.01. The second-order valence-corrected chi connectivity index (χ2v) is 8.32. The molecule has 2 aromatic carbocycles. The van der Waals surface area contributed by atoms with Crippen LogP contribution in [0.3, 0.4) is 0 Å². The van der Waals surface area contributed by atoms with Gasteiger partial charge in [-0.25, -0.2) is 0 Å². The normalized spacial score (nSPS) is 14.8. The summed E-state index contributed by atoms with van der Waals surface area (Å²) < 4.78 is 5.27. The molecule has 0 radical (unpaired) electrons. The molecule has 0 spiro atoms. The lowest BCUT2D eigenvalue weighted by molar-refractivity contribution is -0.117. The number of piperidine rings is 1. The van der Waals surface area contributed by atoms with Crippen molar-refractivity contribution >= 4 is 17.5 Å². The maximum atomic E-state index is 12.7. The Bertz CT molecular complexity index is 1050. The number of para-hydroxylation sites is 1. The van der Waals surface area contributed by atoms with Crippen molar-refractivity contribution in [3.8, 4) is 0 Å². The van der Waals surface area contributed by atoms with E-state index in [1.165, 1.54) is 11.8 Å². The molecular weight excluding hydrogens is 402 g/mol. The molecule has 6 heteroatoms. The highest BCUT2D eigenvalue weighted by Crippen LogP contribution is 2.20. The van der Waals surface area contributed by atoms with Crippen LogP contribution in [-0.4, -0.2) is 42.4 Å². The van der Waals surface area contributed by atoms with Crippen molar-refractivity contribution in [2.45, 2.75) is 32.2 Å². The smallest absolute Gasteiger partial charge is 0.287 e. The third kappa shape index (κ3) is 5.65. The number of carbonyl (C=O) groups excluding carboxylic acids is 2. The Hall–Kier alpha value is -3.38. The molecule has 1 aromatic heterocycles. The summed E-state index contributed by atoms with van der Waals surface area (Å²) in [4.78, 5) is 27.2. The third-order valence-corrected chi connectivity index (χ3v) is 5.89. The lowest BCUT2D eigenvalue weighted by Crippen LogP contribution is -2.46. The van der Waals surface area contributed by atoms with Gasteiger partial charge < -0.3 is 15.1 Å². The van der Waals surface area contributed by atoms with E-state index in [0.29, 0.717) is 12.3 Å². The average Bonchev–Trinajstić information content (AvgIpc) is 3.23. The molecule has 0 saturated carbocycles. The van der Waals surface area contributed by atoms with Gasteiger partial charge in [-0.15, -0.1) is 0 Å². The Balaban J connectivity index is 1.26. The van der Waals surface area contributed by atoms with Crippen molar-refractivity contribution in [1.82, 2.24) is 10.2 Å². The topological polar surface area (TPSA) is 74.6 Å². The van der Waals surface area contributed by atoms with E-state index in [2.05, 4.69) is 33.7 Å². The molecule has 6 nitrogen and oxygen atoms in total. The molecule has 1 fully saturated rings. The number of benzene rings is 2. The van der Waals surface area contributed by atoms with E-state index in [1.54, 1.807) is 6.07 Å². The second-order valence-electron chi connectivity index (χ2n) is 8.32. The summed E-state index contributed by atoms with van der Waals surface area (Å²) in [5, 5.41) is 6.13. The second kappa shape index (κ2) is 10.3. The van der Waals surface area contributed by atoms with Gasteiger partial charge in [-0.3, -0.25) is 14.5 Å². The van der Waals surface area contributed by atoms with Crippen molar-refractivity contribution in [3.63, 3.8) is 0 Å². The van der Waals surface area contributed by atoms with Crippen molar-refractivity contribution in [2.24, 2.45) is 0 Å². The molecule has 32 heavy (non-hydrogen) atoms. The van der Waals surface area contributed by atoms with Gasteiger partial charge in [0, 0.05) is 30.4 Å². The predicted molar refractivity (Wildman–Crippen MR) is 125 cm³/mol. The number of likely N-dealkylation sites (tertiary alicyclic amines) is 1. The van der Waals surface area contributed by atoms with Crippen LogP contribution < -0.4 is 10.6 Å². The molecule has 0 bridgehead atoms. The highest BCUT2D eigenvalue weighted by Gasteiger charge is 2.24. The quantitative estimate of drug-likeness (QED) is 0.593. The van der Waals surface area contributed by atoms with Gasteiger partial charge in [0.05, 0.1) is 12.8 Å². The van der Waals surface area contributed by atoms with E-state index in [0.717, 1.165) is 49.2 Å². The summed E-state index contributed by atoms with van der Waals surface area (Å²) in [7, 11) is 0. The number of furan rings is 1. The summed E-state index contributed by atoms with van der Waals surface area (Å²) >= 11 is 0. The number of hydrogen-bond donors (Lipinski definition) is 2. The Morgan fingerprint density at radius 2 is 1.72 bits per heavy atom. The molecule has 1 aliphatic heterocycles. The van der Waals surface area contributed by atoms with Crippen LogP contribution >= 0.6 is 0 Å². The SMILES string of the molecule is Cc1ccoc1C(=O)NC1CCN(CC(=O)Nc2ccccc2Cc2ccccc2)CC1. The molecule has 166 valence electrons. The van der Waals surface area contributed by atoms with E-state index in [-0.39, 0.29) is 17.9 Å². The van der Waals surface area contributed by atoms with Gasteiger partial charge in [0.15, 0.2) is 5.76 Å². The Morgan fingerprint density at radius 3 is 2.44 bits per heavy atom. The van der Waals surface area contributed by atoms with Gasteiger partial charge in [-0.2, -0.15) is 0 Å². The van der Waals surface area contributed by atoms with Gasteiger partial charge in [-0.05, 0) is 49.4 Å². The van der Waals surface area contributed by atoms with Crippen LogP contribution in [0, 0.1) is 6.92 Å². The van der Waals surface area contributed by atoms with Crippen LogP contribution in [0.1, 0.15) is 40.1 Å². The monoisotopic (exact) mass is 431 g/mol. The maximum Gasteiger partial charge on any atom is 0.287 e. The molecule has 4 rings (SSSR count). The van der Waals surface area contributed by atoms with Crippen molar-refractivity contribution in [2.75, 3.05) is 25.0 Å². The number of aryl methyl sites for hydroxylation is 1. The van der Waals surface area contributed by atoms with Crippen LogP contribution in [-0.2, 0) is 11.2 Å². The van der Waals surface area contributed by atoms with Crippen LogP contribution in [0.4, 0.5) is 5.69 Å². The molecule has 0 atom stereocenters.